The lowest BCUT2D eigenvalue weighted by atomic mass is 10.0. The van der Waals surface area contributed by atoms with Crippen LogP contribution in [0.25, 0.3) is 6.08 Å². The molecule has 2 aromatic rings. The number of amides is 1. The lowest BCUT2D eigenvalue weighted by Gasteiger charge is -2.26. The van der Waals surface area contributed by atoms with Crippen molar-refractivity contribution < 1.29 is 19.1 Å². The Bertz CT molecular complexity index is 969. The Balaban J connectivity index is 0.000000246. The van der Waals surface area contributed by atoms with Crippen LogP contribution >= 0.6 is 0 Å². The maximum Gasteiger partial charge on any atom is 0.328 e. The Hall–Kier alpha value is -3.40. The van der Waals surface area contributed by atoms with E-state index >= 15 is 0 Å². The fourth-order valence-electron chi connectivity index (χ4n) is 3.34. The number of hydrogen-bond donors (Lipinski definition) is 1. The van der Waals surface area contributed by atoms with Gasteiger partial charge in [-0.25, -0.2) is 4.79 Å². The molecule has 1 atom stereocenters. The number of hydrogen-bond acceptors (Lipinski definition) is 5. The van der Waals surface area contributed by atoms with Crippen LogP contribution in [0.4, 0.5) is 0 Å². The van der Waals surface area contributed by atoms with Crippen molar-refractivity contribution in [1.29, 1.82) is 0 Å². The third-order valence-electron chi connectivity index (χ3n) is 5.45. The van der Waals surface area contributed by atoms with Gasteiger partial charge >= 0.3 is 5.97 Å². The molecule has 1 saturated heterocycles. The zero-order valence-electron chi connectivity index (χ0n) is 20.3. The van der Waals surface area contributed by atoms with E-state index in [-0.39, 0.29) is 11.8 Å². The van der Waals surface area contributed by atoms with Gasteiger partial charge < -0.3 is 14.8 Å². The smallest absolute Gasteiger partial charge is 0.328 e. The summed E-state index contributed by atoms with van der Waals surface area (Å²) in [5.41, 5.74) is 3.70. The predicted molar refractivity (Wildman–Crippen MR) is 135 cm³/mol. The van der Waals surface area contributed by atoms with Gasteiger partial charge in [-0.15, -0.1) is 6.42 Å². The van der Waals surface area contributed by atoms with Gasteiger partial charge in [0.25, 0.3) is 5.91 Å². The van der Waals surface area contributed by atoms with Crippen LogP contribution in [0.3, 0.4) is 0 Å². The molecule has 1 fully saturated rings. The number of nitrogens with zero attached hydrogens (tertiary/aromatic N) is 1. The van der Waals surface area contributed by atoms with Crippen molar-refractivity contribution >= 4 is 18.0 Å². The minimum Gasteiger partial charge on any atom is -0.467 e. The van der Waals surface area contributed by atoms with Crippen LogP contribution in [-0.4, -0.2) is 56.2 Å². The number of terminal acetylenes is 1. The number of rotatable bonds is 7. The molecule has 0 spiro atoms. The topological polar surface area (TPSA) is 67.9 Å². The molecule has 0 aliphatic carbocycles. The average Bonchev–Trinajstić information content (AvgIpc) is 2.88. The van der Waals surface area contributed by atoms with Crippen molar-refractivity contribution in [2.45, 2.75) is 26.4 Å². The summed E-state index contributed by atoms with van der Waals surface area (Å²) in [6, 6.07) is 14.5. The van der Waals surface area contributed by atoms with Gasteiger partial charge in [-0.05, 0) is 41.3 Å². The summed E-state index contributed by atoms with van der Waals surface area (Å²) in [7, 11) is 1.31. The Morgan fingerprint density at radius 1 is 1.15 bits per heavy atom. The van der Waals surface area contributed by atoms with Gasteiger partial charge in [0.1, 0.15) is 6.04 Å². The van der Waals surface area contributed by atoms with Gasteiger partial charge in [-0.3, -0.25) is 9.69 Å². The van der Waals surface area contributed by atoms with Crippen LogP contribution in [0.2, 0.25) is 0 Å². The molecule has 6 nitrogen and oxygen atoms in total. The molecular formula is C28H34N2O4. The molecule has 1 unspecified atom stereocenters. The van der Waals surface area contributed by atoms with E-state index in [0.29, 0.717) is 5.56 Å². The van der Waals surface area contributed by atoms with Crippen LogP contribution in [-0.2, 0) is 20.8 Å². The first-order chi connectivity index (χ1) is 16.4. The summed E-state index contributed by atoms with van der Waals surface area (Å²) >= 11 is 0. The average molecular weight is 463 g/mol. The summed E-state index contributed by atoms with van der Waals surface area (Å²) in [4.78, 5) is 26.0. The van der Waals surface area contributed by atoms with Gasteiger partial charge in [-0.2, -0.15) is 0 Å². The molecule has 0 bridgehead atoms. The zero-order valence-corrected chi connectivity index (χ0v) is 20.3. The number of nitrogens with one attached hydrogen (secondary N) is 1. The van der Waals surface area contributed by atoms with Crippen molar-refractivity contribution in [3.8, 4) is 12.3 Å². The molecule has 180 valence electrons. The highest BCUT2D eigenvalue weighted by molar-refractivity contribution is 5.97. The molecule has 1 aliphatic rings. The normalized spacial score (nSPS) is 14.2. The van der Waals surface area contributed by atoms with Crippen molar-refractivity contribution in [3.63, 3.8) is 0 Å². The third kappa shape index (κ3) is 8.51. The molecule has 1 heterocycles. The number of benzene rings is 2. The second-order valence-corrected chi connectivity index (χ2v) is 8.27. The Labute approximate surface area is 202 Å². The highest BCUT2D eigenvalue weighted by atomic mass is 16.5. The standard InChI is InChI=1S/C15H19NO3.C13H15NO/c1-5-11-6-8-12(9-7-11)14(17)16-13(10(2)3)15(18)19-4;1-2-12-3-5-13(6-4-12)11-14-7-9-15-10-8-14/h5-10,13H,1H2,2-4H3,(H,16,17);1,3-6H,7-11H2. The zero-order chi connectivity index (χ0) is 24.9. The number of esters is 1. The Morgan fingerprint density at radius 3 is 2.26 bits per heavy atom. The number of ether oxygens (including phenoxy) is 2. The second-order valence-electron chi connectivity index (χ2n) is 8.27. The van der Waals surface area contributed by atoms with Crippen molar-refractivity contribution in [2.75, 3.05) is 33.4 Å². The summed E-state index contributed by atoms with van der Waals surface area (Å²) in [5.74, 6) is 1.86. The van der Waals surface area contributed by atoms with Crippen LogP contribution in [0.15, 0.2) is 55.1 Å². The second kappa shape index (κ2) is 14.0. The highest BCUT2D eigenvalue weighted by Gasteiger charge is 2.25. The molecule has 0 saturated carbocycles. The number of carbonyl (C=O) groups excluding carboxylic acids is 2. The molecule has 1 amide bonds. The minimum atomic E-state index is -0.642. The first-order valence-electron chi connectivity index (χ1n) is 11.3. The van der Waals surface area contributed by atoms with Crippen molar-refractivity contribution in [3.05, 3.63) is 77.4 Å². The SMILES string of the molecule is C#Cc1ccc(CN2CCOCC2)cc1.C=Cc1ccc(C(=O)NC(C(=O)OC)C(C)C)cc1. The summed E-state index contributed by atoms with van der Waals surface area (Å²) in [6.45, 7) is 12.1. The fourth-order valence-corrected chi connectivity index (χ4v) is 3.34. The molecular weight excluding hydrogens is 428 g/mol. The van der Waals surface area contributed by atoms with E-state index in [1.54, 1.807) is 30.3 Å². The van der Waals surface area contributed by atoms with E-state index in [0.717, 1.165) is 44.0 Å². The summed E-state index contributed by atoms with van der Waals surface area (Å²) in [6.07, 6.45) is 7.01. The van der Waals surface area contributed by atoms with Gasteiger partial charge in [0, 0.05) is 30.8 Å². The molecule has 34 heavy (non-hydrogen) atoms. The molecule has 6 heteroatoms. The predicted octanol–water partition coefficient (Wildman–Crippen LogP) is 3.76. The van der Waals surface area contributed by atoms with Crippen molar-refractivity contribution in [2.24, 2.45) is 5.92 Å². The van der Waals surface area contributed by atoms with Crippen molar-refractivity contribution in [1.82, 2.24) is 10.2 Å². The summed E-state index contributed by atoms with van der Waals surface area (Å²) < 4.78 is 9.99. The largest absolute Gasteiger partial charge is 0.467 e. The van der Waals surface area contributed by atoms with Crippen LogP contribution in [0.1, 0.15) is 40.9 Å². The quantitative estimate of drug-likeness (QED) is 0.501. The summed E-state index contributed by atoms with van der Waals surface area (Å²) in [5, 5.41) is 2.68. The molecule has 2 aromatic carbocycles. The van der Waals surface area contributed by atoms with Gasteiger partial charge in [0.15, 0.2) is 0 Å². The first-order valence-corrected chi connectivity index (χ1v) is 11.3. The van der Waals surface area contributed by atoms with Gasteiger partial charge in [0.05, 0.1) is 20.3 Å². The van der Waals surface area contributed by atoms with E-state index < -0.39 is 12.0 Å². The Morgan fingerprint density at radius 2 is 1.76 bits per heavy atom. The fraction of sp³-hybridized carbons (Fsp3) is 0.357. The number of methoxy groups -OCH3 is 1. The number of carbonyl (C=O) groups is 2. The molecule has 1 N–H and O–H groups in total. The lowest BCUT2D eigenvalue weighted by Crippen LogP contribution is -2.45. The van der Waals surface area contributed by atoms with E-state index in [1.807, 2.05) is 26.0 Å². The minimum absolute atomic E-state index is 0.0381. The maximum atomic E-state index is 12.0. The van der Waals surface area contributed by atoms with E-state index in [2.05, 4.69) is 39.6 Å². The molecule has 3 rings (SSSR count). The lowest BCUT2D eigenvalue weighted by molar-refractivity contribution is -0.144. The van der Waals surface area contributed by atoms with Crippen LogP contribution in [0, 0.1) is 18.3 Å². The molecule has 1 aliphatic heterocycles. The van der Waals surface area contributed by atoms with Crippen LogP contribution < -0.4 is 5.32 Å². The van der Waals surface area contributed by atoms with Gasteiger partial charge in [0.2, 0.25) is 0 Å². The Kier molecular flexibility index (Phi) is 11.0. The van der Waals surface area contributed by atoms with Crippen LogP contribution in [0.5, 0.6) is 0 Å². The van der Waals surface area contributed by atoms with Gasteiger partial charge in [-0.1, -0.05) is 56.7 Å². The maximum absolute atomic E-state index is 12.0. The third-order valence-corrected chi connectivity index (χ3v) is 5.45. The first kappa shape index (κ1) is 26.8. The number of morpholine rings is 1. The van der Waals surface area contributed by atoms with E-state index in [4.69, 9.17) is 11.2 Å². The molecule has 0 aromatic heterocycles. The highest BCUT2D eigenvalue weighted by Crippen LogP contribution is 2.10. The van der Waals surface area contributed by atoms with E-state index in [1.165, 1.54) is 12.7 Å². The van der Waals surface area contributed by atoms with E-state index in [9.17, 15) is 9.59 Å². The monoisotopic (exact) mass is 462 g/mol. The molecule has 0 radical (unpaired) electrons.